The molecule has 3 nitrogen and oxygen atoms in total. The second kappa shape index (κ2) is 3.08. The van der Waals surface area contributed by atoms with Crippen LogP contribution in [0.3, 0.4) is 0 Å². The summed E-state index contributed by atoms with van der Waals surface area (Å²) in [6.45, 7) is 0. The van der Waals surface area contributed by atoms with Crippen LogP contribution in [0.1, 0.15) is 0 Å². The van der Waals surface area contributed by atoms with Crippen molar-refractivity contribution >= 4 is 18.3 Å². The maximum absolute atomic E-state index is 4.15. The van der Waals surface area contributed by atoms with Crippen molar-refractivity contribution < 1.29 is 0 Å². The number of anilines is 1. The first-order valence-corrected chi connectivity index (χ1v) is 4.08. The Morgan fingerprint density at radius 1 is 1.17 bits per heavy atom. The van der Waals surface area contributed by atoms with E-state index in [4.69, 9.17) is 0 Å². The number of hydrogen-bond acceptors (Lipinski definition) is 4. The minimum Gasteiger partial charge on any atom is -0.296 e. The fourth-order valence-electron chi connectivity index (χ4n) is 1.03. The second-order valence-corrected chi connectivity index (χ2v) is 2.94. The molecule has 0 saturated carbocycles. The van der Waals surface area contributed by atoms with Gasteiger partial charge in [0.25, 0.3) is 0 Å². The predicted octanol–water partition coefficient (Wildman–Crippen LogP) is 1.24. The highest BCUT2D eigenvalue weighted by molar-refractivity contribution is 7.84. The van der Waals surface area contributed by atoms with Crippen LogP contribution in [0.15, 0.2) is 41.6 Å². The molecule has 0 fully saturated rings. The SMILES string of the molecule is SC1=CN(c2ccccc2)NN1. The summed E-state index contributed by atoms with van der Waals surface area (Å²) < 4.78 is 0. The predicted molar refractivity (Wildman–Crippen MR) is 52.3 cm³/mol. The lowest BCUT2D eigenvalue weighted by atomic mass is 10.3. The molecule has 1 aliphatic rings. The third kappa shape index (κ3) is 1.39. The second-order valence-electron chi connectivity index (χ2n) is 2.46. The van der Waals surface area contributed by atoms with Crippen LogP contribution in [-0.4, -0.2) is 0 Å². The summed E-state index contributed by atoms with van der Waals surface area (Å²) in [5.74, 6) is 0. The van der Waals surface area contributed by atoms with Gasteiger partial charge in [0.05, 0.1) is 16.9 Å². The Bertz CT molecular complexity index is 296. The first-order chi connectivity index (χ1) is 5.86. The van der Waals surface area contributed by atoms with Crippen molar-refractivity contribution in [2.45, 2.75) is 0 Å². The zero-order chi connectivity index (χ0) is 8.39. The molecule has 1 aromatic rings. The number of hydrogen-bond donors (Lipinski definition) is 3. The summed E-state index contributed by atoms with van der Waals surface area (Å²) in [5.41, 5.74) is 6.88. The molecule has 0 bridgehead atoms. The molecule has 0 spiro atoms. The van der Waals surface area contributed by atoms with Crippen LogP contribution in [0, 0.1) is 0 Å². The standard InChI is InChI=1S/C8H9N3S/c12-8-6-11(10-9-8)7-4-2-1-3-5-7/h1-6,9-10,12H. The van der Waals surface area contributed by atoms with Crippen molar-refractivity contribution in [3.8, 4) is 0 Å². The van der Waals surface area contributed by atoms with Gasteiger partial charge in [0, 0.05) is 0 Å². The Labute approximate surface area is 76.4 Å². The minimum absolute atomic E-state index is 0.804. The molecule has 0 radical (unpaired) electrons. The van der Waals surface area contributed by atoms with E-state index < -0.39 is 0 Å². The summed E-state index contributed by atoms with van der Waals surface area (Å²) in [7, 11) is 0. The van der Waals surface area contributed by atoms with Crippen molar-refractivity contribution in [3.05, 3.63) is 41.6 Å². The molecule has 0 amide bonds. The van der Waals surface area contributed by atoms with Gasteiger partial charge in [-0.25, -0.2) is 0 Å². The number of thiol groups is 1. The first kappa shape index (κ1) is 7.52. The molecular formula is C8H9N3S. The zero-order valence-corrected chi connectivity index (χ0v) is 7.25. The Kier molecular flexibility index (Phi) is 1.93. The monoisotopic (exact) mass is 179 g/mol. The topological polar surface area (TPSA) is 27.3 Å². The highest BCUT2D eigenvalue weighted by atomic mass is 32.1. The van der Waals surface area contributed by atoms with E-state index in [2.05, 4.69) is 23.6 Å². The van der Waals surface area contributed by atoms with E-state index in [1.165, 1.54) is 0 Å². The lowest BCUT2D eigenvalue weighted by Gasteiger charge is -2.14. The van der Waals surface area contributed by atoms with E-state index in [-0.39, 0.29) is 0 Å². The van der Waals surface area contributed by atoms with Crippen LogP contribution in [0.2, 0.25) is 0 Å². The van der Waals surface area contributed by atoms with Gasteiger partial charge in [-0.1, -0.05) is 18.2 Å². The summed E-state index contributed by atoms with van der Waals surface area (Å²) in [6, 6.07) is 9.98. The van der Waals surface area contributed by atoms with Crippen molar-refractivity contribution in [2.24, 2.45) is 0 Å². The number of hydrazine groups is 2. The van der Waals surface area contributed by atoms with Crippen LogP contribution < -0.4 is 16.0 Å². The fourth-order valence-corrected chi connectivity index (χ4v) is 1.20. The number of nitrogens with one attached hydrogen (secondary N) is 2. The summed E-state index contributed by atoms with van der Waals surface area (Å²) in [4.78, 5) is 0. The van der Waals surface area contributed by atoms with E-state index in [9.17, 15) is 0 Å². The van der Waals surface area contributed by atoms with Gasteiger partial charge in [-0.15, -0.1) is 18.2 Å². The number of rotatable bonds is 1. The van der Waals surface area contributed by atoms with E-state index in [0.29, 0.717) is 0 Å². The van der Waals surface area contributed by atoms with E-state index >= 15 is 0 Å². The molecule has 0 aliphatic carbocycles. The molecule has 0 atom stereocenters. The van der Waals surface area contributed by atoms with E-state index in [1.54, 1.807) is 0 Å². The Hall–Kier alpha value is -1.13. The Morgan fingerprint density at radius 2 is 1.92 bits per heavy atom. The lowest BCUT2D eigenvalue weighted by Crippen LogP contribution is -2.35. The van der Waals surface area contributed by atoms with Crippen molar-refractivity contribution in [3.63, 3.8) is 0 Å². The van der Waals surface area contributed by atoms with Gasteiger partial charge in [0.1, 0.15) is 0 Å². The molecule has 2 rings (SSSR count). The normalized spacial score (nSPS) is 15.8. The summed E-state index contributed by atoms with van der Waals surface area (Å²) in [5, 5.41) is 2.67. The zero-order valence-electron chi connectivity index (χ0n) is 6.36. The Balaban J connectivity index is 2.22. The molecule has 12 heavy (non-hydrogen) atoms. The van der Waals surface area contributed by atoms with Crippen LogP contribution in [0.5, 0.6) is 0 Å². The van der Waals surface area contributed by atoms with E-state index in [1.807, 2.05) is 41.5 Å². The van der Waals surface area contributed by atoms with Gasteiger partial charge in [0.15, 0.2) is 0 Å². The molecular weight excluding hydrogens is 170 g/mol. The van der Waals surface area contributed by atoms with Gasteiger partial charge < -0.3 is 0 Å². The molecule has 0 saturated heterocycles. The maximum atomic E-state index is 4.15. The van der Waals surface area contributed by atoms with E-state index in [0.717, 1.165) is 10.7 Å². The van der Waals surface area contributed by atoms with Crippen LogP contribution in [0.25, 0.3) is 0 Å². The smallest absolute Gasteiger partial charge is 0.0989 e. The highest BCUT2D eigenvalue weighted by Gasteiger charge is 2.08. The maximum Gasteiger partial charge on any atom is 0.0989 e. The van der Waals surface area contributed by atoms with Crippen molar-refractivity contribution in [1.29, 1.82) is 0 Å². The van der Waals surface area contributed by atoms with Crippen LogP contribution in [0.4, 0.5) is 5.69 Å². The largest absolute Gasteiger partial charge is 0.296 e. The highest BCUT2D eigenvalue weighted by Crippen LogP contribution is 2.14. The third-order valence-corrected chi connectivity index (χ3v) is 1.82. The third-order valence-electron chi connectivity index (χ3n) is 1.59. The molecule has 1 heterocycles. The lowest BCUT2D eigenvalue weighted by molar-refractivity contribution is 0.676. The molecule has 4 heteroatoms. The fraction of sp³-hybridized carbons (Fsp3) is 0. The van der Waals surface area contributed by atoms with Gasteiger partial charge in [-0.3, -0.25) is 10.4 Å². The first-order valence-electron chi connectivity index (χ1n) is 3.63. The van der Waals surface area contributed by atoms with Crippen molar-refractivity contribution in [2.75, 3.05) is 5.01 Å². The molecule has 62 valence electrons. The average molecular weight is 179 g/mol. The average Bonchev–Trinajstić information content (AvgIpc) is 2.54. The molecule has 1 aliphatic heterocycles. The van der Waals surface area contributed by atoms with Gasteiger partial charge in [-0.05, 0) is 12.1 Å². The number of nitrogens with zero attached hydrogens (tertiary/aromatic N) is 1. The molecule has 2 N–H and O–H groups in total. The number of para-hydroxylation sites is 1. The van der Waals surface area contributed by atoms with Crippen molar-refractivity contribution in [1.82, 2.24) is 11.0 Å². The van der Waals surface area contributed by atoms with Crippen LogP contribution >= 0.6 is 12.6 Å². The summed E-state index contributed by atoms with van der Waals surface area (Å²) in [6.07, 6.45) is 1.87. The summed E-state index contributed by atoms with van der Waals surface area (Å²) >= 11 is 4.15. The number of benzene rings is 1. The Morgan fingerprint density at radius 3 is 2.50 bits per heavy atom. The van der Waals surface area contributed by atoms with Gasteiger partial charge >= 0.3 is 0 Å². The molecule has 1 aromatic carbocycles. The molecule has 0 unspecified atom stereocenters. The van der Waals surface area contributed by atoms with Crippen LogP contribution in [-0.2, 0) is 0 Å². The van der Waals surface area contributed by atoms with Gasteiger partial charge in [-0.2, -0.15) is 0 Å². The minimum atomic E-state index is 0.804. The quantitative estimate of drug-likeness (QED) is 0.566. The van der Waals surface area contributed by atoms with Gasteiger partial charge in [0.2, 0.25) is 0 Å². The molecule has 0 aromatic heterocycles.